The predicted octanol–water partition coefficient (Wildman–Crippen LogP) is -0.588. The molecule has 2 saturated heterocycles. The molecule has 2 heterocycles. The summed E-state index contributed by atoms with van der Waals surface area (Å²) < 4.78 is 24.4. The minimum Gasteiger partial charge on any atom is -0.334 e. The van der Waals surface area contributed by atoms with Gasteiger partial charge >= 0.3 is 6.03 Å². The summed E-state index contributed by atoms with van der Waals surface area (Å²) in [6.45, 7) is 3.85. The third kappa shape index (κ3) is 3.42. The molecule has 2 aliphatic rings. The minimum absolute atomic E-state index is 0.0469. The number of hydrogen-bond donors (Lipinski definition) is 2. The summed E-state index contributed by atoms with van der Waals surface area (Å²) in [5, 5.41) is 6.30. The van der Waals surface area contributed by atoms with Crippen LogP contribution in [0.3, 0.4) is 0 Å². The van der Waals surface area contributed by atoms with Crippen LogP contribution in [0.4, 0.5) is 4.79 Å². The van der Waals surface area contributed by atoms with Gasteiger partial charge in [-0.1, -0.05) is 0 Å². The van der Waals surface area contributed by atoms with Crippen LogP contribution in [0.15, 0.2) is 0 Å². The maximum atomic E-state index is 12.2. The van der Waals surface area contributed by atoms with Crippen molar-refractivity contribution in [2.24, 2.45) is 0 Å². The summed E-state index contributed by atoms with van der Waals surface area (Å²) in [7, 11) is -1.43. The van der Waals surface area contributed by atoms with Gasteiger partial charge in [0.1, 0.15) is 0 Å². The van der Waals surface area contributed by atoms with Crippen molar-refractivity contribution in [2.45, 2.75) is 37.9 Å². The van der Waals surface area contributed by atoms with E-state index < -0.39 is 10.0 Å². The molecule has 116 valence electrons. The lowest BCUT2D eigenvalue weighted by atomic mass is 10.1. The van der Waals surface area contributed by atoms with Crippen molar-refractivity contribution in [1.82, 2.24) is 19.8 Å². The van der Waals surface area contributed by atoms with E-state index in [2.05, 4.69) is 17.6 Å². The number of sulfonamides is 1. The maximum Gasteiger partial charge on any atom is 0.317 e. The van der Waals surface area contributed by atoms with Crippen LogP contribution in [-0.4, -0.2) is 74.7 Å². The highest BCUT2D eigenvalue weighted by Gasteiger charge is 2.34. The molecule has 2 rings (SSSR count). The molecule has 2 aliphatic heterocycles. The molecule has 2 N–H and O–H groups in total. The first-order chi connectivity index (χ1) is 9.29. The number of hydrogen-bond acceptors (Lipinski definition) is 4. The molecular formula is C12H24N4O3S. The highest BCUT2D eigenvalue weighted by Crippen LogP contribution is 2.17. The highest BCUT2D eigenvalue weighted by molar-refractivity contribution is 7.88. The van der Waals surface area contributed by atoms with Gasteiger partial charge in [0.05, 0.1) is 6.26 Å². The molecule has 0 radical (unpaired) electrons. The number of amides is 2. The Labute approximate surface area is 120 Å². The zero-order chi connectivity index (χ0) is 14.9. The predicted molar refractivity (Wildman–Crippen MR) is 77.0 cm³/mol. The second kappa shape index (κ2) is 5.87. The molecule has 2 amide bonds. The van der Waals surface area contributed by atoms with Crippen LogP contribution in [-0.2, 0) is 10.0 Å². The summed E-state index contributed by atoms with van der Waals surface area (Å²) in [5.41, 5.74) is 0. The van der Waals surface area contributed by atoms with Gasteiger partial charge in [0, 0.05) is 38.3 Å². The Balaban J connectivity index is 1.88. The van der Waals surface area contributed by atoms with E-state index in [4.69, 9.17) is 0 Å². The van der Waals surface area contributed by atoms with Gasteiger partial charge in [0.25, 0.3) is 0 Å². The zero-order valence-electron chi connectivity index (χ0n) is 12.3. The van der Waals surface area contributed by atoms with Crippen molar-refractivity contribution >= 4 is 16.1 Å². The fraction of sp³-hybridized carbons (Fsp3) is 0.917. The van der Waals surface area contributed by atoms with Crippen LogP contribution in [0.5, 0.6) is 0 Å². The zero-order valence-corrected chi connectivity index (χ0v) is 13.1. The van der Waals surface area contributed by atoms with E-state index in [9.17, 15) is 13.2 Å². The first-order valence-corrected chi connectivity index (χ1v) is 8.85. The molecule has 0 aromatic heterocycles. The topological polar surface area (TPSA) is 81.8 Å². The van der Waals surface area contributed by atoms with Crippen molar-refractivity contribution < 1.29 is 13.2 Å². The second-order valence-electron chi connectivity index (χ2n) is 5.76. The lowest BCUT2D eigenvalue weighted by molar-refractivity contribution is 0.187. The van der Waals surface area contributed by atoms with Crippen molar-refractivity contribution in [3.8, 4) is 0 Å². The van der Waals surface area contributed by atoms with E-state index in [0.717, 1.165) is 13.0 Å². The summed E-state index contributed by atoms with van der Waals surface area (Å²) in [6.07, 6.45) is 2.83. The summed E-state index contributed by atoms with van der Waals surface area (Å²) in [5.74, 6) is 0. The first kappa shape index (κ1) is 15.5. The third-order valence-corrected chi connectivity index (χ3v) is 5.57. The Bertz CT molecular complexity index is 467. The van der Waals surface area contributed by atoms with Gasteiger partial charge in [-0.2, -0.15) is 0 Å². The largest absolute Gasteiger partial charge is 0.334 e. The number of carbonyl (C=O) groups excluding carboxylic acids is 1. The summed E-state index contributed by atoms with van der Waals surface area (Å²) >= 11 is 0. The standard InChI is InChI=1S/C12H24N4O3S/c1-9-11(4-6-13-9)14-12(17)15(2)10-5-7-16(8-10)20(3,18)19/h9-11,13H,4-8H2,1-3H3,(H,14,17)/t9-,10?,11+/m1/s1. The average molecular weight is 304 g/mol. The van der Waals surface area contributed by atoms with Crippen molar-refractivity contribution in [2.75, 3.05) is 32.9 Å². The quantitative estimate of drug-likeness (QED) is 0.730. The number of nitrogens with one attached hydrogen (secondary N) is 2. The van der Waals surface area contributed by atoms with E-state index in [1.807, 2.05) is 0 Å². The normalized spacial score (nSPS) is 31.4. The molecule has 8 heteroatoms. The van der Waals surface area contributed by atoms with Gasteiger partial charge in [-0.05, 0) is 26.3 Å². The molecule has 20 heavy (non-hydrogen) atoms. The molecule has 2 fully saturated rings. The van der Waals surface area contributed by atoms with E-state index >= 15 is 0 Å². The van der Waals surface area contributed by atoms with E-state index in [1.54, 1.807) is 11.9 Å². The van der Waals surface area contributed by atoms with Gasteiger partial charge in [-0.3, -0.25) is 0 Å². The van der Waals surface area contributed by atoms with Crippen molar-refractivity contribution in [1.29, 1.82) is 0 Å². The average Bonchev–Trinajstić information content (AvgIpc) is 2.97. The lowest BCUT2D eigenvalue weighted by Gasteiger charge is -2.27. The molecule has 0 bridgehead atoms. The van der Waals surface area contributed by atoms with Crippen LogP contribution < -0.4 is 10.6 Å². The Morgan fingerprint density at radius 3 is 2.60 bits per heavy atom. The van der Waals surface area contributed by atoms with Crippen LogP contribution >= 0.6 is 0 Å². The van der Waals surface area contributed by atoms with E-state index in [0.29, 0.717) is 19.5 Å². The molecule has 1 unspecified atom stereocenters. The Hall–Kier alpha value is -0.860. The molecule has 7 nitrogen and oxygen atoms in total. The molecule has 0 aromatic rings. The van der Waals surface area contributed by atoms with Gasteiger partial charge < -0.3 is 15.5 Å². The number of rotatable bonds is 3. The minimum atomic E-state index is -3.16. The fourth-order valence-electron chi connectivity index (χ4n) is 2.81. The Morgan fingerprint density at radius 1 is 1.40 bits per heavy atom. The number of urea groups is 1. The van der Waals surface area contributed by atoms with Crippen molar-refractivity contribution in [3.05, 3.63) is 0 Å². The monoisotopic (exact) mass is 304 g/mol. The summed E-state index contributed by atoms with van der Waals surface area (Å²) in [4.78, 5) is 13.8. The number of nitrogens with zero attached hydrogens (tertiary/aromatic N) is 2. The molecule has 0 saturated carbocycles. The van der Waals surface area contributed by atoms with Crippen LogP contribution in [0.2, 0.25) is 0 Å². The maximum absolute atomic E-state index is 12.2. The molecule has 0 aliphatic carbocycles. The van der Waals surface area contributed by atoms with E-state index in [-0.39, 0.29) is 24.2 Å². The van der Waals surface area contributed by atoms with E-state index in [1.165, 1.54) is 10.6 Å². The highest BCUT2D eigenvalue weighted by atomic mass is 32.2. The van der Waals surface area contributed by atoms with Gasteiger partial charge in [-0.25, -0.2) is 17.5 Å². The molecule has 0 spiro atoms. The lowest BCUT2D eigenvalue weighted by Crippen LogP contribution is -2.50. The molecular weight excluding hydrogens is 280 g/mol. The third-order valence-electron chi connectivity index (χ3n) is 4.30. The molecule has 3 atom stereocenters. The van der Waals surface area contributed by atoms with Gasteiger partial charge in [0.2, 0.25) is 10.0 Å². The Morgan fingerprint density at radius 2 is 2.10 bits per heavy atom. The fourth-order valence-corrected chi connectivity index (χ4v) is 3.69. The number of likely N-dealkylation sites (N-methyl/N-ethyl adjacent to an activating group) is 1. The second-order valence-corrected chi connectivity index (χ2v) is 7.74. The van der Waals surface area contributed by atoms with Crippen LogP contribution in [0.1, 0.15) is 19.8 Å². The Kier molecular flexibility index (Phi) is 4.55. The number of carbonyl (C=O) groups is 1. The first-order valence-electron chi connectivity index (χ1n) is 7.01. The molecule has 0 aromatic carbocycles. The van der Waals surface area contributed by atoms with Crippen LogP contribution in [0, 0.1) is 0 Å². The summed E-state index contributed by atoms with van der Waals surface area (Å²) in [6, 6.07) is 0.265. The van der Waals surface area contributed by atoms with Crippen molar-refractivity contribution in [3.63, 3.8) is 0 Å². The van der Waals surface area contributed by atoms with Gasteiger partial charge in [0.15, 0.2) is 0 Å². The SMILES string of the molecule is C[C@H]1NCC[C@@H]1NC(=O)N(C)C1CCN(S(C)(=O)=O)C1. The smallest absolute Gasteiger partial charge is 0.317 e. The van der Waals surface area contributed by atoms with Gasteiger partial charge in [-0.15, -0.1) is 0 Å². The van der Waals surface area contributed by atoms with Crippen LogP contribution in [0.25, 0.3) is 0 Å².